The number of aromatic nitrogens is 6. The summed E-state index contributed by atoms with van der Waals surface area (Å²) in [5, 5.41) is 2.83. The van der Waals surface area contributed by atoms with Crippen molar-refractivity contribution in [3.8, 4) is 0 Å². The van der Waals surface area contributed by atoms with Crippen LogP contribution < -0.4 is 11.1 Å². The fourth-order valence-electron chi connectivity index (χ4n) is 4.68. The molecule has 16 nitrogen and oxygen atoms in total. The molecule has 6 heterocycles. The summed E-state index contributed by atoms with van der Waals surface area (Å²) in [6.45, 7) is -1.89. The van der Waals surface area contributed by atoms with Crippen LogP contribution >= 0.6 is 13.4 Å². The van der Waals surface area contributed by atoms with Crippen molar-refractivity contribution in [3.63, 3.8) is 0 Å². The van der Waals surface area contributed by atoms with Gasteiger partial charge >= 0.3 is 13.4 Å². The van der Waals surface area contributed by atoms with Gasteiger partial charge in [-0.2, -0.15) is 4.99 Å². The molecule has 3 aromatic rings. The summed E-state index contributed by atoms with van der Waals surface area (Å²) < 4.78 is 32.7. The van der Waals surface area contributed by atoms with Gasteiger partial charge in [-0.15, -0.1) is 0 Å². The maximum absolute atomic E-state index is 11.2. The van der Waals surface area contributed by atoms with Gasteiger partial charge in [0, 0.05) is 12.5 Å². The summed E-state index contributed by atoms with van der Waals surface area (Å²) in [7, 11) is 0. The Kier molecular flexibility index (Phi) is 7.38. The predicted octanol–water partition coefficient (Wildman–Crippen LogP) is 1.16. The van der Waals surface area contributed by atoms with Crippen molar-refractivity contribution < 1.29 is 32.6 Å². The van der Waals surface area contributed by atoms with Crippen molar-refractivity contribution in [1.29, 1.82) is 0 Å². The molecule has 1 saturated heterocycles. The van der Waals surface area contributed by atoms with Crippen molar-refractivity contribution >= 4 is 65.7 Å². The lowest BCUT2D eigenvalue weighted by Crippen LogP contribution is -2.33. The number of imidazole rings is 2. The first kappa shape index (κ1) is 27.9. The molecule has 0 spiro atoms. The highest BCUT2D eigenvalue weighted by Crippen LogP contribution is 2.53. The third kappa shape index (κ3) is 5.37. The third-order valence-electron chi connectivity index (χ3n) is 6.61. The molecule has 0 amide bonds. The summed E-state index contributed by atoms with van der Waals surface area (Å²) in [4.78, 5) is 43.4. The first-order valence-electron chi connectivity index (χ1n) is 12.0. The number of nitrogens with one attached hydrogen (secondary N) is 1. The van der Waals surface area contributed by atoms with E-state index in [1.165, 1.54) is 12.7 Å². The molecule has 0 aliphatic carbocycles. The molecule has 3 aromatic heterocycles. The zero-order chi connectivity index (χ0) is 28.2. The van der Waals surface area contributed by atoms with Crippen molar-refractivity contribution in [2.24, 2.45) is 16.6 Å². The number of fused-ring (bicyclic) bond motifs is 6. The fraction of sp³-hybridized carbons (Fsp3) is 0.450. The van der Waals surface area contributed by atoms with E-state index in [-0.39, 0.29) is 32.3 Å². The van der Waals surface area contributed by atoms with Gasteiger partial charge in [0.2, 0.25) is 0 Å². The summed E-state index contributed by atoms with van der Waals surface area (Å²) in [6, 6.07) is 0. The third-order valence-corrected chi connectivity index (χ3v) is 9.76. The zero-order valence-electron chi connectivity index (χ0n) is 20.9. The maximum atomic E-state index is 11.2. The number of nitrogens with zero attached hydrogens (tertiary/aromatic N) is 7. The smallest absolute Gasteiger partial charge is 0.325 e. The summed E-state index contributed by atoms with van der Waals surface area (Å²) in [6.07, 6.45) is 2.04. The van der Waals surface area contributed by atoms with E-state index < -0.39 is 37.8 Å². The average Bonchev–Trinajstić information content (AvgIpc) is 3.55. The van der Waals surface area contributed by atoms with E-state index in [4.69, 9.17) is 52.2 Å². The maximum Gasteiger partial charge on any atom is 0.325 e. The lowest BCUT2D eigenvalue weighted by atomic mass is 10.0. The van der Waals surface area contributed by atoms with Gasteiger partial charge in [-0.1, -0.05) is 13.5 Å². The van der Waals surface area contributed by atoms with Gasteiger partial charge in [0.15, 0.2) is 23.7 Å². The van der Waals surface area contributed by atoms with Crippen LogP contribution in [0.2, 0.25) is 0 Å². The molecule has 20 heteroatoms. The second kappa shape index (κ2) is 10.6. The minimum atomic E-state index is -3.87. The van der Waals surface area contributed by atoms with Crippen molar-refractivity contribution in [2.45, 2.75) is 38.5 Å². The molecule has 214 valence electrons. The molecule has 2 unspecified atom stereocenters. The molecule has 6 rings (SSSR count). The van der Waals surface area contributed by atoms with Crippen LogP contribution in [-0.2, 0) is 59.6 Å². The summed E-state index contributed by atoms with van der Waals surface area (Å²) in [5.41, 5.74) is 7.84. The van der Waals surface area contributed by atoms with Gasteiger partial charge in [0.25, 0.3) is 0 Å². The predicted molar refractivity (Wildman–Crippen MR) is 149 cm³/mol. The van der Waals surface area contributed by atoms with Crippen LogP contribution in [0.4, 0.5) is 5.82 Å². The molecule has 3 aliphatic rings. The number of ether oxygens (including phenoxy) is 1. The molecule has 40 heavy (non-hydrogen) atoms. The van der Waals surface area contributed by atoms with Crippen LogP contribution in [0.5, 0.6) is 0 Å². The topological polar surface area (TPSA) is 198 Å². The lowest BCUT2D eigenvalue weighted by molar-refractivity contribution is -0.0469. The second-order valence-corrected chi connectivity index (χ2v) is 14.8. The number of guanidine groups is 1. The monoisotopic (exact) mass is 629 g/mol. The first-order chi connectivity index (χ1) is 19.0. The average molecular weight is 630 g/mol. The molecule has 6 atom stereocenters. The second-order valence-electron chi connectivity index (χ2n) is 9.17. The normalized spacial score (nSPS) is 33.4. The SMILES string of the molecule is C=C1NC(N)=Nc2c1ncn2[C@@H]1O[C@@H]2COP(O)(=S)OCCn3c(nc4cncnc43)COP(O)(=S)O[C@@H]1[C@@H]2C. The Morgan fingerprint density at radius 2 is 2.02 bits per heavy atom. The molecule has 0 aromatic carbocycles. The Morgan fingerprint density at radius 3 is 2.85 bits per heavy atom. The molecule has 0 saturated carbocycles. The van der Waals surface area contributed by atoms with Crippen LogP contribution in [0.3, 0.4) is 0 Å². The molecule has 2 bridgehead atoms. The fourth-order valence-corrected chi connectivity index (χ4v) is 7.21. The van der Waals surface area contributed by atoms with Gasteiger partial charge in [0.1, 0.15) is 36.1 Å². The lowest BCUT2D eigenvalue weighted by Gasteiger charge is -2.27. The van der Waals surface area contributed by atoms with E-state index in [0.29, 0.717) is 34.2 Å². The Bertz CT molecular complexity index is 1610. The van der Waals surface area contributed by atoms with Crippen molar-refractivity contribution in [3.05, 3.63) is 36.9 Å². The van der Waals surface area contributed by atoms with E-state index in [0.717, 1.165) is 0 Å². The number of aliphatic imine (C=N–C) groups is 1. The Balaban J connectivity index is 1.36. The van der Waals surface area contributed by atoms with Gasteiger partial charge in [-0.3, -0.25) is 4.57 Å². The number of hydrogen-bond donors (Lipinski definition) is 4. The number of rotatable bonds is 1. The van der Waals surface area contributed by atoms with E-state index in [1.54, 1.807) is 15.3 Å². The summed E-state index contributed by atoms with van der Waals surface area (Å²) in [5.74, 6) is 0.462. The number of hydrogen-bond acceptors (Lipinski definition) is 14. The minimum Gasteiger partial charge on any atom is -0.369 e. The Labute approximate surface area is 237 Å². The van der Waals surface area contributed by atoms with Crippen LogP contribution in [0, 0.1) is 5.92 Å². The zero-order valence-corrected chi connectivity index (χ0v) is 24.4. The molecular formula is C20H25N9O7P2S2. The highest BCUT2D eigenvalue weighted by molar-refractivity contribution is 8.07. The largest absolute Gasteiger partial charge is 0.369 e. The molecule has 0 radical (unpaired) electrons. The van der Waals surface area contributed by atoms with Gasteiger partial charge in [0.05, 0.1) is 37.5 Å². The van der Waals surface area contributed by atoms with Crippen LogP contribution in [0.15, 0.2) is 30.4 Å². The van der Waals surface area contributed by atoms with Crippen molar-refractivity contribution in [2.75, 3.05) is 13.2 Å². The highest BCUT2D eigenvalue weighted by atomic mass is 32.5. The van der Waals surface area contributed by atoms with Gasteiger partial charge in [-0.25, -0.2) is 19.9 Å². The van der Waals surface area contributed by atoms with Gasteiger partial charge < -0.3 is 48.2 Å². The van der Waals surface area contributed by atoms with Crippen LogP contribution in [0.25, 0.3) is 16.9 Å². The molecule has 5 N–H and O–H groups in total. The van der Waals surface area contributed by atoms with E-state index in [9.17, 15) is 9.79 Å². The molecule has 1 fully saturated rings. The van der Waals surface area contributed by atoms with Crippen molar-refractivity contribution in [1.82, 2.24) is 34.4 Å². The Hall–Kier alpha value is -2.21. The van der Waals surface area contributed by atoms with E-state index in [2.05, 4.69) is 36.8 Å². The van der Waals surface area contributed by atoms with Crippen LogP contribution in [0.1, 0.15) is 24.7 Å². The van der Waals surface area contributed by atoms with Crippen LogP contribution in [-0.4, -0.2) is 70.2 Å². The molecular weight excluding hydrogens is 604 g/mol. The standard InChI is InChI=1S/C20H25N9O7P2S2/c1-10-13-6-33-37(30,39)32-4-3-28-14(26-12-5-22-8-23-17(12)28)7-34-38(31,40)36-16(10)19(35-13)29-9-24-15-11(2)25-20(21)27-18(15)29/h5,8-10,13,16,19H,2-4,6-7H2,1H3,(H,30,39)(H,31,40)(H3,21,25,27)/t10-,13-,16-,19-,37?,38?/m1/s1. The number of nitrogens with two attached hydrogens (primary N) is 1. The first-order valence-corrected chi connectivity index (χ1v) is 17.1. The Morgan fingerprint density at radius 1 is 1.20 bits per heavy atom. The highest BCUT2D eigenvalue weighted by Gasteiger charge is 2.48. The van der Waals surface area contributed by atoms with E-state index in [1.807, 2.05) is 6.92 Å². The minimum absolute atomic E-state index is 0.00905. The quantitative estimate of drug-likeness (QED) is 0.280. The van der Waals surface area contributed by atoms with E-state index >= 15 is 0 Å². The molecule has 3 aliphatic heterocycles. The summed E-state index contributed by atoms with van der Waals surface area (Å²) >= 11 is 10.6. The van der Waals surface area contributed by atoms with Gasteiger partial charge in [-0.05, 0) is 23.6 Å².